The molecule has 0 bridgehead atoms. The molecule has 0 saturated carbocycles. The third kappa shape index (κ3) is 3.82. The number of nitrogens with two attached hydrogens (primary N) is 1. The summed E-state index contributed by atoms with van der Waals surface area (Å²) in [5.41, 5.74) is 6.53. The van der Waals surface area contributed by atoms with E-state index >= 15 is 0 Å². The molecule has 2 aromatic carbocycles. The molecule has 0 heterocycles. The molecule has 2 rings (SSSR count). The Bertz CT molecular complexity index is 684. The minimum atomic E-state index is -0.466. The molecule has 2 aromatic rings. The van der Waals surface area contributed by atoms with Gasteiger partial charge in [0.15, 0.2) is 5.75 Å². The summed E-state index contributed by atoms with van der Waals surface area (Å²) in [6, 6.07) is 8.22. The van der Waals surface area contributed by atoms with Crippen molar-refractivity contribution in [3.63, 3.8) is 0 Å². The molecule has 0 aliphatic heterocycles. The molecule has 0 aromatic heterocycles. The van der Waals surface area contributed by atoms with Crippen molar-refractivity contribution in [3.8, 4) is 11.5 Å². The first-order chi connectivity index (χ1) is 9.92. The van der Waals surface area contributed by atoms with Crippen molar-refractivity contribution in [2.75, 3.05) is 0 Å². The number of nitro groups is 1. The van der Waals surface area contributed by atoms with E-state index in [0.29, 0.717) is 27.0 Å². The van der Waals surface area contributed by atoms with E-state index in [2.05, 4.69) is 47.8 Å². The highest BCUT2D eigenvalue weighted by Gasteiger charge is 2.16. The van der Waals surface area contributed by atoms with E-state index in [1.807, 2.05) is 6.07 Å². The molecular weight excluding hydrogens is 472 g/mol. The maximum Gasteiger partial charge on any atom is 0.271 e. The minimum Gasteiger partial charge on any atom is -0.455 e. The molecule has 0 atom stereocenters. The summed E-state index contributed by atoms with van der Waals surface area (Å²) >= 11 is 9.97. The second-order valence-electron chi connectivity index (χ2n) is 4.06. The second-order valence-corrected chi connectivity index (χ2v) is 6.62. The summed E-state index contributed by atoms with van der Waals surface area (Å²) in [5, 5.41) is 10.8. The van der Waals surface area contributed by atoms with Crippen LogP contribution in [0.3, 0.4) is 0 Å². The summed E-state index contributed by atoms with van der Waals surface area (Å²) in [4.78, 5) is 10.3. The summed E-state index contributed by atoms with van der Waals surface area (Å²) in [5.74, 6) is 1.06. The van der Waals surface area contributed by atoms with Crippen LogP contribution in [-0.4, -0.2) is 4.92 Å². The number of non-ortho nitro benzene ring substituents is 1. The van der Waals surface area contributed by atoms with E-state index in [4.69, 9.17) is 10.5 Å². The van der Waals surface area contributed by atoms with Gasteiger partial charge in [-0.1, -0.05) is 22.0 Å². The Morgan fingerprint density at radius 2 is 1.71 bits per heavy atom. The van der Waals surface area contributed by atoms with E-state index in [1.54, 1.807) is 12.1 Å². The minimum absolute atomic E-state index is 0.0271. The predicted molar refractivity (Wildman–Crippen MR) is 90.6 cm³/mol. The smallest absolute Gasteiger partial charge is 0.271 e. The van der Waals surface area contributed by atoms with Crippen LogP contribution in [0.15, 0.2) is 43.7 Å². The normalized spacial score (nSPS) is 10.5. The molecule has 0 unspecified atom stereocenters. The SMILES string of the molecule is NCc1ccc(Oc2c(Br)cc([N+](=O)[O-])cc2Br)cc1Br. The van der Waals surface area contributed by atoms with E-state index in [-0.39, 0.29) is 5.69 Å². The molecule has 0 spiro atoms. The zero-order valence-corrected chi connectivity index (χ0v) is 15.2. The van der Waals surface area contributed by atoms with Crippen LogP contribution in [-0.2, 0) is 6.54 Å². The molecule has 0 saturated heterocycles. The lowest BCUT2D eigenvalue weighted by Gasteiger charge is -2.11. The zero-order valence-electron chi connectivity index (χ0n) is 10.5. The highest BCUT2D eigenvalue weighted by atomic mass is 79.9. The second kappa shape index (κ2) is 6.87. The fourth-order valence-electron chi connectivity index (χ4n) is 1.62. The number of benzene rings is 2. The van der Waals surface area contributed by atoms with E-state index in [0.717, 1.165) is 10.0 Å². The standard InChI is InChI=1S/C13H9Br3N2O3/c14-10-5-9(2-1-7(10)6-17)21-13-11(15)3-8(18(19)20)4-12(13)16/h1-5H,6,17H2. The first-order valence-corrected chi connectivity index (χ1v) is 8.10. The molecule has 21 heavy (non-hydrogen) atoms. The van der Waals surface area contributed by atoms with E-state index < -0.39 is 4.92 Å². The van der Waals surface area contributed by atoms with Gasteiger partial charge in [0.05, 0.1) is 13.9 Å². The van der Waals surface area contributed by atoms with Crippen LogP contribution in [0, 0.1) is 10.1 Å². The van der Waals surface area contributed by atoms with Crippen LogP contribution in [0.5, 0.6) is 11.5 Å². The number of halogens is 3. The quantitative estimate of drug-likeness (QED) is 0.486. The molecule has 0 aliphatic carbocycles. The van der Waals surface area contributed by atoms with Gasteiger partial charge in [0.25, 0.3) is 5.69 Å². The molecule has 0 amide bonds. The molecular formula is C13H9Br3N2O3. The zero-order chi connectivity index (χ0) is 15.6. The van der Waals surface area contributed by atoms with Crippen molar-refractivity contribution < 1.29 is 9.66 Å². The van der Waals surface area contributed by atoms with Crippen molar-refractivity contribution in [1.82, 2.24) is 0 Å². The Hall–Kier alpha value is -0.960. The van der Waals surface area contributed by atoms with Crippen LogP contribution in [0.4, 0.5) is 5.69 Å². The number of nitrogens with zero attached hydrogens (tertiary/aromatic N) is 1. The van der Waals surface area contributed by atoms with Gasteiger partial charge < -0.3 is 10.5 Å². The van der Waals surface area contributed by atoms with Crippen LogP contribution < -0.4 is 10.5 Å². The van der Waals surface area contributed by atoms with E-state index in [9.17, 15) is 10.1 Å². The molecule has 110 valence electrons. The van der Waals surface area contributed by atoms with Gasteiger partial charge in [-0.15, -0.1) is 0 Å². The third-order valence-corrected chi connectivity index (χ3v) is 4.57. The van der Waals surface area contributed by atoms with Gasteiger partial charge >= 0.3 is 0 Å². The van der Waals surface area contributed by atoms with Gasteiger partial charge in [0.2, 0.25) is 0 Å². The topological polar surface area (TPSA) is 78.4 Å². The van der Waals surface area contributed by atoms with Crippen molar-refractivity contribution in [2.45, 2.75) is 6.54 Å². The highest BCUT2D eigenvalue weighted by Crippen LogP contribution is 2.40. The number of ether oxygens (including phenoxy) is 1. The van der Waals surface area contributed by atoms with Crippen molar-refractivity contribution in [2.24, 2.45) is 5.73 Å². The maximum absolute atomic E-state index is 10.8. The largest absolute Gasteiger partial charge is 0.455 e. The van der Waals surface area contributed by atoms with Crippen molar-refractivity contribution >= 4 is 53.5 Å². The maximum atomic E-state index is 10.8. The predicted octanol–water partition coefficient (Wildman–Crippen LogP) is 5.13. The van der Waals surface area contributed by atoms with Gasteiger partial charge in [-0.3, -0.25) is 10.1 Å². The van der Waals surface area contributed by atoms with Crippen molar-refractivity contribution in [1.29, 1.82) is 0 Å². The Labute approximate surface area is 146 Å². The fraction of sp³-hybridized carbons (Fsp3) is 0.0769. The fourth-order valence-corrected chi connectivity index (χ4v) is 3.47. The number of nitro benzene ring substituents is 1. The van der Waals surface area contributed by atoms with Crippen molar-refractivity contribution in [3.05, 3.63) is 59.4 Å². The summed E-state index contributed by atoms with van der Waals surface area (Å²) in [6.45, 7) is 0.422. The number of hydrogen-bond acceptors (Lipinski definition) is 4. The Kier molecular flexibility index (Phi) is 5.37. The lowest BCUT2D eigenvalue weighted by molar-refractivity contribution is -0.385. The van der Waals surface area contributed by atoms with E-state index in [1.165, 1.54) is 12.1 Å². The van der Waals surface area contributed by atoms with Gasteiger partial charge in [0, 0.05) is 23.2 Å². The molecule has 0 radical (unpaired) electrons. The highest BCUT2D eigenvalue weighted by molar-refractivity contribution is 9.11. The average Bonchev–Trinajstić information content (AvgIpc) is 2.42. The Morgan fingerprint density at radius 1 is 1.10 bits per heavy atom. The first kappa shape index (κ1) is 16.4. The van der Waals surface area contributed by atoms with Gasteiger partial charge in [-0.05, 0) is 49.6 Å². The lowest BCUT2D eigenvalue weighted by Crippen LogP contribution is -1.97. The molecule has 0 aliphatic rings. The lowest BCUT2D eigenvalue weighted by atomic mass is 10.2. The molecule has 0 fully saturated rings. The van der Waals surface area contributed by atoms with Crippen LogP contribution >= 0.6 is 47.8 Å². The summed E-state index contributed by atoms with van der Waals surface area (Å²) < 4.78 is 7.59. The van der Waals surface area contributed by atoms with Gasteiger partial charge in [0.1, 0.15) is 5.75 Å². The molecule has 5 nitrogen and oxygen atoms in total. The average molecular weight is 481 g/mol. The van der Waals surface area contributed by atoms with Crippen LogP contribution in [0.2, 0.25) is 0 Å². The summed E-state index contributed by atoms with van der Waals surface area (Å²) in [7, 11) is 0. The van der Waals surface area contributed by atoms with Crippen LogP contribution in [0.1, 0.15) is 5.56 Å². The number of rotatable bonds is 4. The molecule has 8 heteroatoms. The Balaban J connectivity index is 2.35. The Morgan fingerprint density at radius 3 is 2.19 bits per heavy atom. The summed E-state index contributed by atoms with van der Waals surface area (Å²) in [6.07, 6.45) is 0. The number of hydrogen-bond donors (Lipinski definition) is 1. The first-order valence-electron chi connectivity index (χ1n) is 5.72. The third-order valence-electron chi connectivity index (χ3n) is 2.66. The monoisotopic (exact) mass is 478 g/mol. The van der Waals surface area contributed by atoms with Gasteiger partial charge in [-0.2, -0.15) is 0 Å². The van der Waals surface area contributed by atoms with Gasteiger partial charge in [-0.25, -0.2) is 0 Å². The molecule has 2 N–H and O–H groups in total. The van der Waals surface area contributed by atoms with Crippen LogP contribution in [0.25, 0.3) is 0 Å².